The summed E-state index contributed by atoms with van der Waals surface area (Å²) in [4.78, 5) is 0. The van der Waals surface area contributed by atoms with Crippen LogP contribution in [0.25, 0.3) is 99.2 Å². The molecule has 0 unspecified atom stereocenters. The van der Waals surface area contributed by atoms with Crippen molar-refractivity contribution in [3.8, 4) is 27.9 Å². The van der Waals surface area contributed by atoms with Gasteiger partial charge in [0.05, 0.1) is 11.0 Å². The molecule has 0 bridgehead atoms. The predicted octanol–water partition coefficient (Wildman–Crippen LogP) is 13.6. The predicted molar refractivity (Wildman–Crippen MR) is 213 cm³/mol. The van der Waals surface area contributed by atoms with Crippen molar-refractivity contribution in [3.63, 3.8) is 0 Å². The molecule has 10 aromatic rings. The third kappa shape index (κ3) is 4.38. The van der Waals surface area contributed by atoms with E-state index in [9.17, 15) is 0 Å². The summed E-state index contributed by atoms with van der Waals surface area (Å²) in [6.45, 7) is 0. The van der Waals surface area contributed by atoms with Crippen molar-refractivity contribution >= 4 is 71.3 Å². The summed E-state index contributed by atoms with van der Waals surface area (Å²) in [7, 11) is 0. The van der Waals surface area contributed by atoms with E-state index >= 15 is 0 Å². The lowest BCUT2D eigenvalue weighted by atomic mass is 9.97. The van der Waals surface area contributed by atoms with Crippen molar-refractivity contribution in [3.05, 3.63) is 169 Å². The first-order valence-corrected chi connectivity index (χ1v) is 17.6. The van der Waals surface area contributed by atoms with Crippen molar-refractivity contribution in [2.45, 2.75) is 12.8 Å². The van der Waals surface area contributed by atoms with Gasteiger partial charge in [0.25, 0.3) is 0 Å². The average molecular weight is 654 g/mol. The van der Waals surface area contributed by atoms with E-state index in [-0.39, 0.29) is 0 Å². The summed E-state index contributed by atoms with van der Waals surface area (Å²) in [5.41, 5.74) is 14.0. The van der Waals surface area contributed by atoms with Crippen LogP contribution >= 0.6 is 0 Å². The molecule has 0 spiro atoms. The maximum absolute atomic E-state index is 6.66. The molecule has 0 atom stereocenters. The van der Waals surface area contributed by atoms with E-state index in [2.05, 4.69) is 162 Å². The quantitative estimate of drug-likeness (QED) is 0.189. The van der Waals surface area contributed by atoms with Crippen LogP contribution in [0.15, 0.2) is 173 Å². The summed E-state index contributed by atoms with van der Waals surface area (Å²) >= 11 is 0. The molecule has 3 heterocycles. The minimum atomic E-state index is 0.789. The molecule has 240 valence electrons. The van der Waals surface area contributed by atoms with Gasteiger partial charge in [-0.05, 0) is 119 Å². The molecular weight excluding hydrogens is 623 g/mol. The molecular formula is C48H31NO2. The lowest BCUT2D eigenvalue weighted by Gasteiger charge is -2.09. The molecule has 0 fully saturated rings. The highest BCUT2D eigenvalue weighted by molar-refractivity contribution is 6.19. The van der Waals surface area contributed by atoms with E-state index in [1.807, 2.05) is 6.07 Å². The lowest BCUT2D eigenvalue weighted by molar-refractivity contribution is 0.633. The van der Waals surface area contributed by atoms with E-state index in [4.69, 9.17) is 8.83 Å². The minimum Gasteiger partial charge on any atom is -0.452 e. The Labute approximate surface area is 294 Å². The Morgan fingerprint density at radius 2 is 0.941 bits per heavy atom. The standard InChI is InChI=1S/C48H31NO2/c1-4-10-30(11-5-1)32-18-24-43-41(26-32)42-27-33(19-25-44(42)49(43)36-14-8-3-9-15-36)35-17-21-38-40-23-22-39-37-20-16-34(31-12-6-2-7-13-31)28-45(37)50-47(39)48(40)51-46(38)29-35/h2-4,6-29H,1,5H2. The van der Waals surface area contributed by atoms with Gasteiger partial charge in [-0.1, -0.05) is 91.0 Å². The van der Waals surface area contributed by atoms with Crippen LogP contribution in [0.3, 0.4) is 0 Å². The van der Waals surface area contributed by atoms with Crippen LogP contribution in [0.5, 0.6) is 0 Å². The summed E-state index contributed by atoms with van der Waals surface area (Å²) in [5.74, 6) is 0. The van der Waals surface area contributed by atoms with Crippen molar-refractivity contribution in [1.82, 2.24) is 4.57 Å². The fraction of sp³-hybridized carbons (Fsp3) is 0.0417. The van der Waals surface area contributed by atoms with Gasteiger partial charge in [0, 0.05) is 38.0 Å². The van der Waals surface area contributed by atoms with Crippen molar-refractivity contribution < 1.29 is 8.83 Å². The number of aromatic nitrogens is 1. The first-order chi connectivity index (χ1) is 25.3. The fourth-order valence-electron chi connectivity index (χ4n) is 8.12. The average Bonchev–Trinajstić information content (AvgIpc) is 3.87. The largest absolute Gasteiger partial charge is 0.452 e. The normalized spacial score (nSPS) is 13.4. The van der Waals surface area contributed by atoms with E-state index < -0.39 is 0 Å². The Balaban J connectivity index is 1.06. The molecule has 11 rings (SSSR count). The van der Waals surface area contributed by atoms with E-state index in [1.165, 1.54) is 38.5 Å². The van der Waals surface area contributed by atoms with Gasteiger partial charge in [-0.3, -0.25) is 0 Å². The smallest absolute Gasteiger partial charge is 0.178 e. The first kappa shape index (κ1) is 28.3. The van der Waals surface area contributed by atoms with Gasteiger partial charge in [0.1, 0.15) is 11.2 Å². The Kier molecular flexibility index (Phi) is 6.08. The Morgan fingerprint density at radius 1 is 0.412 bits per heavy atom. The highest BCUT2D eigenvalue weighted by atomic mass is 16.4. The molecule has 3 nitrogen and oxygen atoms in total. The zero-order chi connectivity index (χ0) is 33.5. The van der Waals surface area contributed by atoms with E-state index in [0.29, 0.717) is 0 Å². The number of para-hydroxylation sites is 1. The monoisotopic (exact) mass is 653 g/mol. The highest BCUT2D eigenvalue weighted by Crippen LogP contribution is 2.42. The number of nitrogens with zero attached hydrogens (tertiary/aromatic N) is 1. The molecule has 0 aliphatic heterocycles. The molecule has 0 saturated carbocycles. The van der Waals surface area contributed by atoms with Crippen LogP contribution < -0.4 is 0 Å². The van der Waals surface area contributed by atoms with Gasteiger partial charge < -0.3 is 13.4 Å². The van der Waals surface area contributed by atoms with Crippen molar-refractivity contribution in [1.29, 1.82) is 0 Å². The van der Waals surface area contributed by atoms with Crippen LogP contribution in [0.4, 0.5) is 0 Å². The van der Waals surface area contributed by atoms with Crippen molar-refractivity contribution in [2.24, 2.45) is 0 Å². The molecule has 1 aliphatic carbocycles. The third-order valence-electron chi connectivity index (χ3n) is 10.6. The second kappa shape index (κ2) is 11.0. The van der Waals surface area contributed by atoms with Gasteiger partial charge in [-0.15, -0.1) is 0 Å². The van der Waals surface area contributed by atoms with Gasteiger partial charge >= 0.3 is 0 Å². The number of hydrogen-bond acceptors (Lipinski definition) is 2. The molecule has 0 saturated heterocycles. The van der Waals surface area contributed by atoms with Gasteiger partial charge in [-0.25, -0.2) is 0 Å². The van der Waals surface area contributed by atoms with Crippen LogP contribution in [0, 0.1) is 0 Å². The number of allylic oxidation sites excluding steroid dienone is 4. The number of fused-ring (bicyclic) bond motifs is 10. The number of hydrogen-bond donors (Lipinski definition) is 0. The summed E-state index contributed by atoms with van der Waals surface area (Å²) in [6.07, 6.45) is 9.08. The molecule has 51 heavy (non-hydrogen) atoms. The Bertz CT molecular complexity index is 3060. The van der Waals surface area contributed by atoms with Crippen LogP contribution in [0.2, 0.25) is 0 Å². The number of rotatable bonds is 4. The second-order valence-corrected chi connectivity index (χ2v) is 13.6. The van der Waals surface area contributed by atoms with E-state index in [0.717, 1.165) is 79.1 Å². The zero-order valence-corrected chi connectivity index (χ0v) is 27.8. The molecule has 0 N–H and O–H groups in total. The summed E-state index contributed by atoms with van der Waals surface area (Å²) < 4.78 is 15.6. The van der Waals surface area contributed by atoms with E-state index in [1.54, 1.807) is 0 Å². The number of benzene rings is 7. The molecule has 1 aliphatic rings. The number of furan rings is 2. The maximum Gasteiger partial charge on any atom is 0.178 e. The summed E-state index contributed by atoms with van der Waals surface area (Å²) in [5, 5.41) is 6.79. The fourth-order valence-corrected chi connectivity index (χ4v) is 8.12. The van der Waals surface area contributed by atoms with Gasteiger partial charge in [0.15, 0.2) is 11.2 Å². The Hall–Kier alpha value is -6.58. The van der Waals surface area contributed by atoms with Gasteiger partial charge in [0.2, 0.25) is 0 Å². The first-order valence-electron chi connectivity index (χ1n) is 17.6. The van der Waals surface area contributed by atoms with Gasteiger partial charge in [-0.2, -0.15) is 0 Å². The van der Waals surface area contributed by atoms with Crippen molar-refractivity contribution in [2.75, 3.05) is 0 Å². The topological polar surface area (TPSA) is 31.2 Å². The summed E-state index contributed by atoms with van der Waals surface area (Å²) in [6, 6.07) is 52.2. The molecule has 0 amide bonds. The molecule has 0 radical (unpaired) electrons. The molecule has 3 heteroatoms. The maximum atomic E-state index is 6.66. The van der Waals surface area contributed by atoms with Crippen LogP contribution in [-0.4, -0.2) is 4.57 Å². The third-order valence-corrected chi connectivity index (χ3v) is 10.6. The zero-order valence-electron chi connectivity index (χ0n) is 27.8. The second-order valence-electron chi connectivity index (χ2n) is 13.6. The molecule has 3 aromatic heterocycles. The highest BCUT2D eigenvalue weighted by Gasteiger charge is 2.19. The molecule has 7 aromatic carbocycles. The van der Waals surface area contributed by atoms with Crippen LogP contribution in [0.1, 0.15) is 18.4 Å². The minimum absolute atomic E-state index is 0.789. The SMILES string of the molecule is C1=CC(c2ccc3c(c2)c2cc(-c4ccc5c(c4)oc4c5ccc5c6ccc(-c7ccccc7)cc6oc54)ccc2n3-c2ccccc2)=CCC1. The Morgan fingerprint density at radius 3 is 1.57 bits per heavy atom. The van der Waals surface area contributed by atoms with Crippen LogP contribution in [-0.2, 0) is 0 Å². The lowest BCUT2D eigenvalue weighted by Crippen LogP contribution is -1.93.